The Bertz CT molecular complexity index is 834. The van der Waals surface area contributed by atoms with Crippen molar-refractivity contribution in [2.45, 2.75) is 12.8 Å². The third-order valence-electron chi connectivity index (χ3n) is 4.39. The highest BCUT2D eigenvalue weighted by atomic mass is 16.5. The largest absolute Gasteiger partial charge is 0.504 e. The molecule has 0 aliphatic heterocycles. The average molecular weight is 340 g/mol. The fourth-order valence-electron chi connectivity index (χ4n) is 3.05. The Balaban J connectivity index is 2.00. The number of carbonyl (C=O) groups is 1. The molecule has 3 rings (SSSR count). The lowest BCUT2D eigenvalue weighted by atomic mass is 9.85. The quantitative estimate of drug-likeness (QED) is 0.861. The van der Waals surface area contributed by atoms with Crippen LogP contribution in [0.15, 0.2) is 35.9 Å². The van der Waals surface area contributed by atoms with Crippen LogP contribution in [-0.2, 0) is 6.42 Å². The molecule has 2 aromatic rings. The number of methoxy groups -OCH3 is 3. The van der Waals surface area contributed by atoms with Gasteiger partial charge in [0.2, 0.25) is 5.75 Å². The second-order valence-corrected chi connectivity index (χ2v) is 5.76. The Morgan fingerprint density at radius 2 is 1.72 bits per heavy atom. The minimum absolute atomic E-state index is 0.0197. The van der Waals surface area contributed by atoms with E-state index in [1.54, 1.807) is 13.2 Å². The number of hydrogen-bond acceptors (Lipinski definition) is 5. The van der Waals surface area contributed by atoms with Gasteiger partial charge in [0, 0.05) is 16.7 Å². The number of carbonyl (C=O) groups excluding carboxylic acids is 1. The van der Waals surface area contributed by atoms with Gasteiger partial charge in [0.15, 0.2) is 17.3 Å². The molecule has 0 atom stereocenters. The van der Waals surface area contributed by atoms with Gasteiger partial charge in [-0.25, -0.2) is 0 Å². The Labute approximate surface area is 146 Å². The van der Waals surface area contributed by atoms with Crippen LogP contribution in [0.2, 0.25) is 0 Å². The van der Waals surface area contributed by atoms with Gasteiger partial charge in [0.1, 0.15) is 5.75 Å². The van der Waals surface area contributed by atoms with Crippen molar-refractivity contribution in [1.82, 2.24) is 0 Å². The molecule has 130 valence electrons. The van der Waals surface area contributed by atoms with Gasteiger partial charge >= 0.3 is 0 Å². The molecule has 5 heteroatoms. The van der Waals surface area contributed by atoms with Crippen LogP contribution >= 0.6 is 0 Å². The molecule has 0 spiro atoms. The first-order valence-corrected chi connectivity index (χ1v) is 7.95. The van der Waals surface area contributed by atoms with Crippen LogP contribution in [0.3, 0.4) is 0 Å². The summed E-state index contributed by atoms with van der Waals surface area (Å²) in [6.45, 7) is 0. The Morgan fingerprint density at radius 1 is 1.00 bits per heavy atom. The SMILES string of the molecule is COc1ccc(/C=C2\CCc3c(cc(OC)c(OC)c3O)C2=O)cc1. The summed E-state index contributed by atoms with van der Waals surface area (Å²) < 4.78 is 15.6. The minimum atomic E-state index is -0.103. The van der Waals surface area contributed by atoms with Gasteiger partial charge in [-0.2, -0.15) is 0 Å². The average Bonchev–Trinajstić information content (AvgIpc) is 2.64. The zero-order valence-electron chi connectivity index (χ0n) is 14.5. The molecule has 2 aromatic carbocycles. The van der Waals surface area contributed by atoms with Crippen molar-refractivity contribution in [3.05, 3.63) is 52.6 Å². The third kappa shape index (κ3) is 3.05. The van der Waals surface area contributed by atoms with E-state index >= 15 is 0 Å². The maximum absolute atomic E-state index is 12.9. The number of ether oxygens (including phenoxy) is 3. The van der Waals surface area contributed by atoms with E-state index in [-0.39, 0.29) is 17.3 Å². The van der Waals surface area contributed by atoms with E-state index in [1.807, 2.05) is 30.3 Å². The van der Waals surface area contributed by atoms with E-state index < -0.39 is 0 Å². The normalized spacial score (nSPS) is 15.0. The molecule has 0 saturated heterocycles. The summed E-state index contributed by atoms with van der Waals surface area (Å²) >= 11 is 0. The van der Waals surface area contributed by atoms with Gasteiger partial charge in [-0.05, 0) is 42.7 Å². The summed E-state index contributed by atoms with van der Waals surface area (Å²) in [5.41, 5.74) is 2.69. The Morgan fingerprint density at radius 3 is 2.32 bits per heavy atom. The predicted molar refractivity (Wildman–Crippen MR) is 94.8 cm³/mol. The van der Waals surface area contributed by atoms with Crippen molar-refractivity contribution in [3.8, 4) is 23.0 Å². The lowest BCUT2D eigenvalue weighted by molar-refractivity contribution is 0.102. The molecular formula is C20H20O5. The molecule has 0 radical (unpaired) electrons. The molecule has 5 nitrogen and oxygen atoms in total. The van der Waals surface area contributed by atoms with E-state index in [0.717, 1.165) is 11.3 Å². The van der Waals surface area contributed by atoms with Gasteiger partial charge in [0.05, 0.1) is 21.3 Å². The molecule has 0 amide bonds. The lowest BCUT2D eigenvalue weighted by Crippen LogP contribution is -2.15. The van der Waals surface area contributed by atoms with E-state index in [9.17, 15) is 9.90 Å². The smallest absolute Gasteiger partial charge is 0.203 e. The zero-order valence-corrected chi connectivity index (χ0v) is 14.5. The number of allylic oxidation sites excluding steroid dienone is 1. The molecule has 1 N–H and O–H groups in total. The minimum Gasteiger partial charge on any atom is -0.504 e. The molecule has 0 bridgehead atoms. The highest BCUT2D eigenvalue weighted by molar-refractivity contribution is 6.14. The third-order valence-corrected chi connectivity index (χ3v) is 4.39. The second-order valence-electron chi connectivity index (χ2n) is 5.76. The first kappa shape index (κ1) is 16.9. The molecule has 0 fully saturated rings. The summed E-state index contributed by atoms with van der Waals surface area (Å²) in [4.78, 5) is 12.9. The van der Waals surface area contributed by atoms with Gasteiger partial charge in [-0.15, -0.1) is 0 Å². The summed E-state index contributed by atoms with van der Waals surface area (Å²) in [7, 11) is 4.55. The summed E-state index contributed by atoms with van der Waals surface area (Å²) in [5, 5.41) is 10.4. The molecule has 25 heavy (non-hydrogen) atoms. The number of phenolic OH excluding ortho intramolecular Hbond substituents is 1. The number of hydrogen-bond donors (Lipinski definition) is 1. The van der Waals surface area contributed by atoms with Gasteiger partial charge in [-0.3, -0.25) is 4.79 Å². The van der Waals surface area contributed by atoms with Crippen LogP contribution < -0.4 is 14.2 Å². The summed E-state index contributed by atoms with van der Waals surface area (Å²) in [6.07, 6.45) is 2.99. The van der Waals surface area contributed by atoms with Crippen LogP contribution in [0.4, 0.5) is 0 Å². The topological polar surface area (TPSA) is 65.0 Å². The van der Waals surface area contributed by atoms with Crippen molar-refractivity contribution in [1.29, 1.82) is 0 Å². The molecule has 1 aliphatic carbocycles. The lowest BCUT2D eigenvalue weighted by Gasteiger charge is -2.21. The zero-order chi connectivity index (χ0) is 18.0. The van der Waals surface area contributed by atoms with Gasteiger partial charge in [0.25, 0.3) is 0 Å². The van der Waals surface area contributed by atoms with Gasteiger partial charge in [-0.1, -0.05) is 12.1 Å². The number of benzene rings is 2. The van der Waals surface area contributed by atoms with Crippen LogP contribution in [-0.4, -0.2) is 32.2 Å². The predicted octanol–water partition coefficient (Wildman–Crippen LogP) is 3.63. The van der Waals surface area contributed by atoms with Crippen molar-refractivity contribution in [2.75, 3.05) is 21.3 Å². The van der Waals surface area contributed by atoms with E-state index in [0.29, 0.717) is 35.3 Å². The maximum Gasteiger partial charge on any atom is 0.203 e. The number of rotatable bonds is 4. The number of phenols is 1. The monoisotopic (exact) mass is 340 g/mol. The van der Waals surface area contributed by atoms with Crippen LogP contribution in [0.1, 0.15) is 27.9 Å². The number of aromatic hydroxyl groups is 1. The number of fused-ring (bicyclic) bond motifs is 1. The Hall–Kier alpha value is -2.95. The summed E-state index contributed by atoms with van der Waals surface area (Å²) in [5.74, 6) is 1.25. The number of ketones is 1. The van der Waals surface area contributed by atoms with Gasteiger partial charge < -0.3 is 19.3 Å². The van der Waals surface area contributed by atoms with Crippen molar-refractivity contribution in [2.24, 2.45) is 0 Å². The van der Waals surface area contributed by atoms with E-state index in [4.69, 9.17) is 14.2 Å². The van der Waals surface area contributed by atoms with Crippen molar-refractivity contribution < 1.29 is 24.1 Å². The highest BCUT2D eigenvalue weighted by Crippen LogP contribution is 2.44. The molecule has 0 aromatic heterocycles. The maximum atomic E-state index is 12.9. The Kier molecular flexibility index (Phi) is 4.65. The molecular weight excluding hydrogens is 320 g/mol. The fraction of sp³-hybridized carbons (Fsp3) is 0.250. The van der Waals surface area contributed by atoms with Crippen LogP contribution in [0.5, 0.6) is 23.0 Å². The second kappa shape index (κ2) is 6.89. The first-order chi connectivity index (χ1) is 12.1. The van der Waals surface area contributed by atoms with Crippen molar-refractivity contribution in [3.63, 3.8) is 0 Å². The molecule has 0 saturated carbocycles. The molecule has 1 aliphatic rings. The van der Waals surface area contributed by atoms with E-state index in [2.05, 4.69) is 0 Å². The highest BCUT2D eigenvalue weighted by Gasteiger charge is 2.28. The molecule has 0 heterocycles. The number of Topliss-reactive ketones (excluding diaryl/α,β-unsaturated/α-hetero) is 1. The fourth-order valence-corrected chi connectivity index (χ4v) is 3.05. The molecule has 0 unspecified atom stereocenters. The van der Waals surface area contributed by atoms with Crippen LogP contribution in [0.25, 0.3) is 6.08 Å². The van der Waals surface area contributed by atoms with E-state index in [1.165, 1.54) is 14.2 Å². The van der Waals surface area contributed by atoms with Crippen LogP contribution in [0, 0.1) is 0 Å². The summed E-state index contributed by atoms with van der Waals surface area (Å²) in [6, 6.07) is 9.15. The standard InChI is InChI=1S/C20H20O5/c1-23-14-7-4-12(5-8-14)10-13-6-9-15-16(18(13)21)11-17(24-2)20(25-3)19(15)22/h4-5,7-8,10-11,22H,6,9H2,1-3H3/b13-10+. The van der Waals surface area contributed by atoms with Crippen molar-refractivity contribution >= 4 is 11.9 Å². The first-order valence-electron chi connectivity index (χ1n) is 7.95.